The van der Waals surface area contributed by atoms with Crippen molar-refractivity contribution in [3.05, 3.63) is 23.8 Å². The molecular formula is C19H30Cl2N4O2. The van der Waals surface area contributed by atoms with Crippen LogP contribution in [0.4, 0.5) is 11.4 Å². The molecule has 0 unspecified atom stereocenters. The van der Waals surface area contributed by atoms with Gasteiger partial charge in [0.05, 0.1) is 11.4 Å². The van der Waals surface area contributed by atoms with E-state index in [0.29, 0.717) is 24.6 Å². The fourth-order valence-electron chi connectivity index (χ4n) is 3.68. The van der Waals surface area contributed by atoms with Crippen molar-refractivity contribution in [2.24, 2.45) is 0 Å². The highest BCUT2D eigenvalue weighted by molar-refractivity contribution is 6.01. The molecule has 27 heavy (non-hydrogen) atoms. The van der Waals surface area contributed by atoms with Gasteiger partial charge in [0.2, 0.25) is 5.91 Å². The SMILES string of the molecule is CCCN(C(=O)c1ccc2c(c1)NC(=O)CCN2C)C1CCNCC1.Cl.Cl. The summed E-state index contributed by atoms with van der Waals surface area (Å²) in [6, 6.07) is 5.96. The molecule has 0 saturated carbocycles. The minimum atomic E-state index is -0.000955. The van der Waals surface area contributed by atoms with E-state index >= 15 is 0 Å². The average molecular weight is 417 g/mol. The van der Waals surface area contributed by atoms with E-state index in [1.807, 2.05) is 30.1 Å². The number of nitrogens with one attached hydrogen (secondary N) is 2. The number of amides is 2. The van der Waals surface area contributed by atoms with Crippen LogP contribution in [0.1, 0.15) is 43.0 Å². The number of halogens is 2. The maximum Gasteiger partial charge on any atom is 0.254 e. The predicted octanol–water partition coefficient (Wildman–Crippen LogP) is 2.91. The number of piperidine rings is 1. The van der Waals surface area contributed by atoms with E-state index < -0.39 is 0 Å². The molecule has 0 radical (unpaired) electrons. The van der Waals surface area contributed by atoms with E-state index in [9.17, 15) is 9.59 Å². The van der Waals surface area contributed by atoms with Crippen LogP contribution in [-0.4, -0.2) is 56.0 Å². The number of fused-ring (bicyclic) bond motifs is 1. The number of hydrogen-bond donors (Lipinski definition) is 2. The fraction of sp³-hybridized carbons (Fsp3) is 0.579. The Morgan fingerprint density at radius 3 is 2.63 bits per heavy atom. The van der Waals surface area contributed by atoms with Crippen LogP contribution >= 0.6 is 24.8 Å². The smallest absolute Gasteiger partial charge is 0.254 e. The normalized spacial score (nSPS) is 17.0. The molecule has 2 N–H and O–H groups in total. The highest BCUT2D eigenvalue weighted by Crippen LogP contribution is 2.30. The van der Waals surface area contributed by atoms with Gasteiger partial charge in [0.1, 0.15) is 0 Å². The molecule has 0 aromatic heterocycles. The number of rotatable bonds is 4. The van der Waals surface area contributed by atoms with Crippen LogP contribution in [0.2, 0.25) is 0 Å². The summed E-state index contributed by atoms with van der Waals surface area (Å²) < 4.78 is 0. The third kappa shape index (κ3) is 5.50. The zero-order chi connectivity index (χ0) is 17.8. The van der Waals surface area contributed by atoms with Crippen molar-refractivity contribution in [1.29, 1.82) is 0 Å². The summed E-state index contributed by atoms with van der Waals surface area (Å²) >= 11 is 0. The minimum Gasteiger partial charge on any atom is -0.372 e. The Balaban J connectivity index is 0.00000182. The zero-order valence-electron chi connectivity index (χ0n) is 16.0. The summed E-state index contributed by atoms with van der Waals surface area (Å²) in [6.45, 7) is 5.48. The van der Waals surface area contributed by atoms with Crippen molar-refractivity contribution in [3.63, 3.8) is 0 Å². The molecule has 0 spiro atoms. The van der Waals surface area contributed by atoms with Gasteiger partial charge in [-0.15, -0.1) is 24.8 Å². The quantitative estimate of drug-likeness (QED) is 0.791. The molecule has 0 atom stereocenters. The Kier molecular flexibility index (Phi) is 9.36. The van der Waals surface area contributed by atoms with Gasteiger partial charge in [0.15, 0.2) is 0 Å². The topological polar surface area (TPSA) is 64.7 Å². The number of benzene rings is 1. The van der Waals surface area contributed by atoms with Gasteiger partial charge in [-0.2, -0.15) is 0 Å². The maximum absolute atomic E-state index is 13.1. The number of nitrogens with zero attached hydrogens (tertiary/aromatic N) is 2. The van der Waals surface area contributed by atoms with Crippen molar-refractivity contribution in [2.45, 2.75) is 38.6 Å². The molecule has 1 aromatic carbocycles. The molecule has 8 heteroatoms. The van der Waals surface area contributed by atoms with Crippen molar-refractivity contribution in [2.75, 3.05) is 43.4 Å². The van der Waals surface area contributed by atoms with Crippen LogP contribution in [0, 0.1) is 0 Å². The van der Waals surface area contributed by atoms with E-state index in [0.717, 1.165) is 50.3 Å². The Morgan fingerprint density at radius 2 is 1.96 bits per heavy atom. The van der Waals surface area contributed by atoms with Gasteiger partial charge in [-0.05, 0) is 50.6 Å². The van der Waals surface area contributed by atoms with E-state index in [1.54, 1.807) is 0 Å². The summed E-state index contributed by atoms with van der Waals surface area (Å²) in [5.74, 6) is 0.0664. The number of carbonyl (C=O) groups is 2. The van der Waals surface area contributed by atoms with E-state index in [-0.39, 0.29) is 36.6 Å². The standard InChI is InChI=1S/C19H28N4O2.2ClH/c1-3-11-23(15-6-9-20-10-7-15)19(25)14-4-5-17-16(13-14)21-18(24)8-12-22(17)2;;/h4-5,13,15,20H,3,6-12H2,1-2H3,(H,21,24);2*1H. The summed E-state index contributed by atoms with van der Waals surface area (Å²) in [6.07, 6.45) is 3.40. The van der Waals surface area contributed by atoms with Crippen LogP contribution in [-0.2, 0) is 4.79 Å². The van der Waals surface area contributed by atoms with Gasteiger partial charge in [0.25, 0.3) is 5.91 Å². The molecule has 152 valence electrons. The van der Waals surface area contributed by atoms with Gasteiger partial charge in [-0.3, -0.25) is 9.59 Å². The largest absolute Gasteiger partial charge is 0.372 e. The summed E-state index contributed by atoms with van der Waals surface area (Å²) in [7, 11) is 1.97. The molecule has 1 aromatic rings. The van der Waals surface area contributed by atoms with Crippen LogP contribution < -0.4 is 15.5 Å². The lowest BCUT2D eigenvalue weighted by molar-refractivity contribution is -0.115. The lowest BCUT2D eigenvalue weighted by atomic mass is 10.0. The van der Waals surface area contributed by atoms with Gasteiger partial charge >= 0.3 is 0 Å². The van der Waals surface area contributed by atoms with E-state index in [1.165, 1.54) is 0 Å². The molecule has 0 bridgehead atoms. The molecule has 3 rings (SSSR count). The van der Waals surface area contributed by atoms with Gasteiger partial charge in [0, 0.05) is 38.2 Å². The van der Waals surface area contributed by atoms with Crippen LogP contribution in [0.3, 0.4) is 0 Å². The molecule has 2 aliphatic rings. The lowest BCUT2D eigenvalue weighted by Gasteiger charge is -2.35. The van der Waals surface area contributed by atoms with Crippen molar-refractivity contribution in [3.8, 4) is 0 Å². The van der Waals surface area contributed by atoms with Gasteiger partial charge in [-0.1, -0.05) is 6.92 Å². The molecule has 2 amide bonds. The van der Waals surface area contributed by atoms with Crippen molar-refractivity contribution >= 4 is 48.0 Å². The fourth-order valence-corrected chi connectivity index (χ4v) is 3.68. The molecule has 2 heterocycles. The second-order valence-corrected chi connectivity index (χ2v) is 6.93. The second kappa shape index (κ2) is 10.7. The first-order chi connectivity index (χ1) is 12.1. The highest BCUT2D eigenvalue weighted by atomic mass is 35.5. The third-order valence-electron chi connectivity index (χ3n) is 5.08. The molecule has 6 nitrogen and oxygen atoms in total. The van der Waals surface area contributed by atoms with Crippen LogP contribution in [0.5, 0.6) is 0 Å². The molecule has 1 fully saturated rings. The van der Waals surface area contributed by atoms with Gasteiger partial charge in [-0.25, -0.2) is 0 Å². The van der Waals surface area contributed by atoms with Crippen molar-refractivity contribution < 1.29 is 9.59 Å². The average Bonchev–Trinajstić information content (AvgIpc) is 2.78. The molecule has 0 aliphatic carbocycles. The summed E-state index contributed by atoms with van der Waals surface area (Å²) in [4.78, 5) is 29.1. The second-order valence-electron chi connectivity index (χ2n) is 6.93. The first-order valence-electron chi connectivity index (χ1n) is 9.27. The number of anilines is 2. The Morgan fingerprint density at radius 1 is 1.26 bits per heavy atom. The maximum atomic E-state index is 13.1. The molecular weight excluding hydrogens is 387 g/mol. The first-order valence-corrected chi connectivity index (χ1v) is 9.27. The van der Waals surface area contributed by atoms with E-state index in [4.69, 9.17) is 0 Å². The minimum absolute atomic E-state index is 0. The third-order valence-corrected chi connectivity index (χ3v) is 5.08. The van der Waals surface area contributed by atoms with Crippen LogP contribution in [0.15, 0.2) is 18.2 Å². The summed E-state index contributed by atoms with van der Waals surface area (Å²) in [5, 5.41) is 6.29. The predicted molar refractivity (Wildman–Crippen MR) is 115 cm³/mol. The number of carbonyl (C=O) groups excluding carboxylic acids is 2. The van der Waals surface area contributed by atoms with Crippen molar-refractivity contribution in [1.82, 2.24) is 10.2 Å². The summed E-state index contributed by atoms with van der Waals surface area (Å²) in [5.41, 5.74) is 2.35. The number of hydrogen-bond acceptors (Lipinski definition) is 4. The Labute approximate surface area is 173 Å². The lowest BCUT2D eigenvalue weighted by Crippen LogP contribution is -2.46. The first kappa shape index (κ1) is 23.5. The molecule has 1 saturated heterocycles. The monoisotopic (exact) mass is 416 g/mol. The van der Waals surface area contributed by atoms with Crippen LogP contribution in [0.25, 0.3) is 0 Å². The zero-order valence-corrected chi connectivity index (χ0v) is 17.6. The van der Waals surface area contributed by atoms with Gasteiger partial charge < -0.3 is 20.4 Å². The molecule has 2 aliphatic heterocycles. The Bertz CT molecular complexity index is 651. The van der Waals surface area contributed by atoms with E-state index in [2.05, 4.69) is 22.5 Å². The highest BCUT2D eigenvalue weighted by Gasteiger charge is 2.26. The Hall–Kier alpha value is -1.50.